The van der Waals surface area contributed by atoms with Crippen LogP contribution in [0.25, 0.3) is 0 Å². The minimum atomic E-state index is -0.346. The Balaban J connectivity index is 2.18. The van der Waals surface area contributed by atoms with Gasteiger partial charge >= 0.3 is 0 Å². The number of anilines is 1. The van der Waals surface area contributed by atoms with Crippen molar-refractivity contribution < 1.29 is 9.18 Å². The van der Waals surface area contributed by atoms with Crippen LogP contribution in [-0.2, 0) is 6.42 Å². The SMILES string of the molecule is CC(=O)c1cccc(F)c1N(C)CCc1cccs1. The molecule has 1 aromatic heterocycles. The van der Waals surface area contributed by atoms with E-state index in [1.807, 2.05) is 23.4 Å². The second-order valence-corrected chi connectivity index (χ2v) is 5.48. The molecule has 0 fully saturated rings. The first-order valence-corrected chi connectivity index (χ1v) is 7.00. The number of para-hydroxylation sites is 1. The summed E-state index contributed by atoms with van der Waals surface area (Å²) in [5, 5.41) is 2.03. The van der Waals surface area contributed by atoms with Crippen molar-refractivity contribution in [3.8, 4) is 0 Å². The van der Waals surface area contributed by atoms with E-state index in [-0.39, 0.29) is 11.6 Å². The van der Waals surface area contributed by atoms with Crippen LogP contribution in [0.1, 0.15) is 22.2 Å². The fourth-order valence-electron chi connectivity index (χ4n) is 2.03. The van der Waals surface area contributed by atoms with Crippen molar-refractivity contribution in [2.24, 2.45) is 0 Å². The summed E-state index contributed by atoms with van der Waals surface area (Å²) in [5.74, 6) is -0.459. The van der Waals surface area contributed by atoms with Crippen LogP contribution < -0.4 is 4.90 Å². The summed E-state index contributed by atoms with van der Waals surface area (Å²) in [4.78, 5) is 14.6. The normalized spacial score (nSPS) is 10.5. The minimum absolute atomic E-state index is 0.113. The molecule has 2 rings (SSSR count). The highest BCUT2D eigenvalue weighted by Crippen LogP contribution is 2.24. The Morgan fingerprint density at radius 2 is 2.11 bits per heavy atom. The number of halogens is 1. The molecular formula is C15H16FNOS. The molecule has 0 aliphatic heterocycles. The molecule has 2 aromatic rings. The zero-order valence-electron chi connectivity index (χ0n) is 11.0. The third-order valence-electron chi connectivity index (χ3n) is 3.02. The van der Waals surface area contributed by atoms with Gasteiger partial charge in [-0.1, -0.05) is 12.1 Å². The van der Waals surface area contributed by atoms with Crippen LogP contribution in [0.15, 0.2) is 35.7 Å². The van der Waals surface area contributed by atoms with Gasteiger partial charge in [-0.05, 0) is 36.9 Å². The fourth-order valence-corrected chi connectivity index (χ4v) is 2.73. The van der Waals surface area contributed by atoms with Crippen LogP contribution in [0.2, 0.25) is 0 Å². The largest absolute Gasteiger partial charge is 0.371 e. The number of likely N-dealkylation sites (N-methyl/N-ethyl adjacent to an activating group) is 1. The van der Waals surface area contributed by atoms with Crippen molar-refractivity contribution in [2.75, 3.05) is 18.5 Å². The number of Topliss-reactive ketones (excluding diaryl/α,β-unsaturated/α-hetero) is 1. The van der Waals surface area contributed by atoms with Crippen LogP contribution >= 0.6 is 11.3 Å². The minimum Gasteiger partial charge on any atom is -0.371 e. The summed E-state index contributed by atoms with van der Waals surface area (Å²) in [6.45, 7) is 2.15. The molecule has 1 heterocycles. The third-order valence-corrected chi connectivity index (χ3v) is 3.96. The van der Waals surface area contributed by atoms with E-state index in [1.165, 1.54) is 17.9 Å². The molecule has 1 aromatic carbocycles. The van der Waals surface area contributed by atoms with Crippen molar-refractivity contribution in [3.63, 3.8) is 0 Å². The van der Waals surface area contributed by atoms with Crippen LogP contribution in [0.4, 0.5) is 10.1 Å². The van der Waals surface area contributed by atoms with Gasteiger partial charge in [-0.2, -0.15) is 0 Å². The maximum atomic E-state index is 13.9. The van der Waals surface area contributed by atoms with Crippen LogP contribution in [-0.4, -0.2) is 19.4 Å². The van der Waals surface area contributed by atoms with Gasteiger partial charge in [-0.3, -0.25) is 4.79 Å². The van der Waals surface area contributed by atoms with Crippen LogP contribution in [0.5, 0.6) is 0 Å². The van der Waals surface area contributed by atoms with Crippen LogP contribution in [0, 0.1) is 5.82 Å². The maximum absolute atomic E-state index is 13.9. The monoisotopic (exact) mass is 277 g/mol. The number of carbonyl (C=O) groups is 1. The van der Waals surface area contributed by atoms with Gasteiger partial charge in [-0.15, -0.1) is 11.3 Å². The number of hydrogen-bond acceptors (Lipinski definition) is 3. The molecule has 0 radical (unpaired) electrons. The lowest BCUT2D eigenvalue weighted by molar-refractivity contribution is 0.101. The van der Waals surface area contributed by atoms with Gasteiger partial charge in [0.15, 0.2) is 5.78 Å². The van der Waals surface area contributed by atoms with Gasteiger partial charge < -0.3 is 4.90 Å². The van der Waals surface area contributed by atoms with E-state index in [1.54, 1.807) is 23.5 Å². The van der Waals surface area contributed by atoms with Gasteiger partial charge in [0.25, 0.3) is 0 Å². The number of benzene rings is 1. The van der Waals surface area contributed by atoms with E-state index in [0.717, 1.165) is 6.42 Å². The summed E-state index contributed by atoms with van der Waals surface area (Å²) in [6.07, 6.45) is 0.847. The molecule has 19 heavy (non-hydrogen) atoms. The van der Waals surface area contributed by atoms with Gasteiger partial charge in [0.1, 0.15) is 5.82 Å². The molecule has 0 saturated heterocycles. The smallest absolute Gasteiger partial charge is 0.161 e. The quantitative estimate of drug-likeness (QED) is 0.775. The second-order valence-electron chi connectivity index (χ2n) is 4.44. The van der Waals surface area contributed by atoms with Crippen molar-refractivity contribution in [2.45, 2.75) is 13.3 Å². The molecule has 0 bridgehead atoms. The van der Waals surface area contributed by atoms with Crippen molar-refractivity contribution in [1.29, 1.82) is 0 Å². The first kappa shape index (κ1) is 13.7. The Kier molecular flexibility index (Phi) is 4.32. The molecule has 0 atom stereocenters. The molecule has 0 N–H and O–H groups in total. The highest BCUT2D eigenvalue weighted by atomic mass is 32.1. The van der Waals surface area contributed by atoms with Gasteiger partial charge in [0, 0.05) is 24.0 Å². The third kappa shape index (κ3) is 3.20. The number of ketones is 1. The van der Waals surface area contributed by atoms with E-state index in [4.69, 9.17) is 0 Å². The zero-order valence-corrected chi connectivity index (χ0v) is 11.8. The number of hydrogen-bond donors (Lipinski definition) is 0. The predicted molar refractivity (Wildman–Crippen MR) is 77.7 cm³/mol. The average molecular weight is 277 g/mol. The lowest BCUT2D eigenvalue weighted by atomic mass is 10.1. The fraction of sp³-hybridized carbons (Fsp3) is 0.267. The second kappa shape index (κ2) is 5.97. The lowest BCUT2D eigenvalue weighted by Crippen LogP contribution is -2.23. The van der Waals surface area contributed by atoms with E-state index in [0.29, 0.717) is 17.8 Å². The Hall–Kier alpha value is -1.68. The molecule has 0 aliphatic rings. The van der Waals surface area contributed by atoms with E-state index >= 15 is 0 Å². The summed E-state index contributed by atoms with van der Waals surface area (Å²) in [5.41, 5.74) is 0.834. The predicted octanol–water partition coefficient (Wildman–Crippen LogP) is 3.77. The van der Waals surface area contributed by atoms with Gasteiger partial charge in [0.05, 0.1) is 5.69 Å². The molecular weight excluding hydrogens is 261 g/mol. The molecule has 0 aliphatic carbocycles. The number of nitrogens with zero attached hydrogens (tertiary/aromatic N) is 1. The van der Waals surface area contributed by atoms with Gasteiger partial charge in [0.2, 0.25) is 0 Å². The lowest BCUT2D eigenvalue weighted by Gasteiger charge is -2.22. The Labute approximate surface area is 116 Å². The van der Waals surface area contributed by atoms with E-state index in [2.05, 4.69) is 6.07 Å². The van der Waals surface area contributed by atoms with Crippen molar-refractivity contribution in [3.05, 3.63) is 52.0 Å². The Bertz CT molecular complexity index is 566. The zero-order chi connectivity index (χ0) is 13.8. The van der Waals surface area contributed by atoms with Crippen LogP contribution in [0.3, 0.4) is 0 Å². The van der Waals surface area contributed by atoms with Gasteiger partial charge in [-0.25, -0.2) is 4.39 Å². The Morgan fingerprint density at radius 1 is 1.32 bits per heavy atom. The molecule has 0 spiro atoms. The molecule has 0 unspecified atom stereocenters. The first-order chi connectivity index (χ1) is 9.09. The summed E-state index contributed by atoms with van der Waals surface area (Å²) in [7, 11) is 1.82. The summed E-state index contributed by atoms with van der Waals surface area (Å²) in [6, 6.07) is 8.70. The maximum Gasteiger partial charge on any atom is 0.161 e. The Morgan fingerprint density at radius 3 is 2.74 bits per heavy atom. The first-order valence-electron chi connectivity index (χ1n) is 6.12. The molecule has 0 amide bonds. The molecule has 4 heteroatoms. The van der Waals surface area contributed by atoms with E-state index < -0.39 is 0 Å². The highest BCUT2D eigenvalue weighted by molar-refractivity contribution is 7.09. The summed E-state index contributed by atoms with van der Waals surface area (Å²) >= 11 is 1.69. The number of rotatable bonds is 5. The van der Waals surface area contributed by atoms with Crippen molar-refractivity contribution in [1.82, 2.24) is 0 Å². The van der Waals surface area contributed by atoms with Crippen molar-refractivity contribution >= 4 is 22.8 Å². The number of carbonyl (C=O) groups excluding carboxylic acids is 1. The topological polar surface area (TPSA) is 20.3 Å². The molecule has 100 valence electrons. The molecule has 2 nitrogen and oxygen atoms in total. The summed E-state index contributed by atoms with van der Waals surface area (Å²) < 4.78 is 13.9. The highest BCUT2D eigenvalue weighted by Gasteiger charge is 2.15. The molecule has 0 saturated carbocycles. The standard InChI is InChI=1S/C15H16FNOS/c1-11(18)13-6-3-7-14(16)15(13)17(2)9-8-12-5-4-10-19-12/h3-7,10H,8-9H2,1-2H3. The number of thiophene rings is 1. The average Bonchev–Trinajstić information content (AvgIpc) is 2.88. The van der Waals surface area contributed by atoms with E-state index in [9.17, 15) is 9.18 Å².